The van der Waals surface area contributed by atoms with E-state index in [9.17, 15) is 4.79 Å². The van der Waals surface area contributed by atoms with Crippen LogP contribution in [0.5, 0.6) is 0 Å². The Morgan fingerprint density at radius 3 is 2.85 bits per heavy atom. The molecule has 1 unspecified atom stereocenters. The van der Waals surface area contributed by atoms with E-state index in [0.717, 1.165) is 28.2 Å². The van der Waals surface area contributed by atoms with E-state index in [4.69, 9.17) is 26.8 Å². The lowest BCUT2D eigenvalue weighted by Crippen LogP contribution is -2.30. The first-order valence-electron chi connectivity index (χ1n) is 10.4. The Hall–Kier alpha value is -3.13. The van der Waals surface area contributed by atoms with Gasteiger partial charge in [0.2, 0.25) is 0 Å². The third-order valence-corrected chi connectivity index (χ3v) is 6.56. The number of esters is 1. The lowest BCUT2D eigenvalue weighted by atomic mass is 10.0. The highest BCUT2D eigenvalue weighted by atomic mass is 35.5. The molecule has 0 radical (unpaired) electrons. The number of rotatable bonds is 7. The molecule has 0 amide bonds. The Morgan fingerprint density at radius 1 is 1.33 bits per heavy atom. The summed E-state index contributed by atoms with van der Waals surface area (Å²) in [6.45, 7) is 2.34. The smallest absolute Gasteiger partial charge is 0.337 e. The third kappa shape index (κ3) is 5.27. The molecule has 33 heavy (non-hydrogen) atoms. The number of nitrogens with zero attached hydrogens (tertiary/aromatic N) is 1. The van der Waals surface area contributed by atoms with Crippen molar-refractivity contribution in [2.45, 2.75) is 19.1 Å². The van der Waals surface area contributed by atoms with Crippen LogP contribution in [0.2, 0.25) is 4.34 Å². The number of ether oxygens (including phenoxy) is 2. The maximum atomic E-state index is 12.0. The number of hydrogen-bond acceptors (Lipinski definition) is 7. The van der Waals surface area contributed by atoms with E-state index < -0.39 is 11.7 Å². The van der Waals surface area contributed by atoms with E-state index in [-0.39, 0.29) is 0 Å². The summed E-state index contributed by atoms with van der Waals surface area (Å²) < 4.78 is 11.4. The number of allylic oxidation sites excluding steroid dienone is 5. The summed E-state index contributed by atoms with van der Waals surface area (Å²) in [5, 5.41) is 3.44. The predicted octanol–water partition coefficient (Wildman–Crippen LogP) is 5.48. The van der Waals surface area contributed by atoms with Gasteiger partial charge in [-0.2, -0.15) is 0 Å². The van der Waals surface area contributed by atoms with Gasteiger partial charge in [-0.1, -0.05) is 35.9 Å². The van der Waals surface area contributed by atoms with Gasteiger partial charge in [0.25, 0.3) is 0 Å². The topological polar surface area (TPSA) is 89.2 Å². The zero-order valence-corrected chi connectivity index (χ0v) is 19.9. The molecule has 0 bridgehead atoms. The number of halogens is 1. The number of epoxide rings is 1. The zero-order valence-electron chi connectivity index (χ0n) is 18.3. The van der Waals surface area contributed by atoms with Crippen LogP contribution in [0.15, 0.2) is 77.0 Å². The number of aliphatic imine (C=N–C) groups is 1. The van der Waals surface area contributed by atoms with Gasteiger partial charge in [0, 0.05) is 17.5 Å². The third-order valence-electron chi connectivity index (χ3n) is 5.30. The summed E-state index contributed by atoms with van der Waals surface area (Å²) in [4.78, 5) is 17.5. The van der Waals surface area contributed by atoms with Crippen molar-refractivity contribution in [3.8, 4) is 0 Å². The minimum atomic E-state index is -0.881. The summed E-state index contributed by atoms with van der Waals surface area (Å²) in [5.41, 5.74) is 9.88. The molecule has 0 spiro atoms. The molecule has 1 fully saturated rings. The molecule has 6 nitrogen and oxygen atoms in total. The second kappa shape index (κ2) is 9.79. The highest BCUT2D eigenvalue weighted by molar-refractivity contribution is 7.17. The van der Waals surface area contributed by atoms with E-state index in [0.29, 0.717) is 27.8 Å². The summed E-state index contributed by atoms with van der Waals surface area (Å²) in [6.07, 6.45) is 12.6. The van der Waals surface area contributed by atoms with Crippen LogP contribution in [0.25, 0.3) is 5.70 Å². The number of aryl methyl sites for hydroxylation is 1. The average Bonchev–Trinajstić information content (AvgIpc) is 3.53. The molecule has 1 aromatic carbocycles. The van der Waals surface area contributed by atoms with Crippen molar-refractivity contribution in [2.24, 2.45) is 10.7 Å². The first kappa shape index (κ1) is 23.0. The standard InChI is InChI=1S/C25H24ClN3O3S/c1-16-9-10-17(24(30)31-2)13-20(16)29-25(15-32-25)19(23(27)21-11-12-22(26)33-21)14-28-18-7-5-3-4-6-8-18/h3,5-14,29H,4,15,27H2,1-2H3. The minimum Gasteiger partial charge on any atom is -0.465 e. The molecule has 1 aromatic heterocycles. The number of hydrogen-bond donors (Lipinski definition) is 2. The van der Waals surface area contributed by atoms with Gasteiger partial charge < -0.3 is 20.5 Å². The number of thiophene rings is 1. The fourth-order valence-corrected chi connectivity index (χ4v) is 4.38. The Labute approximate surface area is 201 Å². The summed E-state index contributed by atoms with van der Waals surface area (Å²) >= 11 is 7.55. The van der Waals surface area contributed by atoms with Gasteiger partial charge in [0.05, 0.1) is 33.3 Å². The van der Waals surface area contributed by atoms with Crippen molar-refractivity contribution in [3.05, 3.63) is 92.3 Å². The highest BCUT2D eigenvalue weighted by Crippen LogP contribution is 2.40. The first-order chi connectivity index (χ1) is 15.9. The van der Waals surface area contributed by atoms with Gasteiger partial charge in [-0.05, 0) is 55.3 Å². The molecular formula is C25H24ClN3O3S. The van der Waals surface area contributed by atoms with Crippen molar-refractivity contribution in [3.63, 3.8) is 0 Å². The molecule has 4 rings (SSSR count). The molecule has 2 aromatic rings. The van der Waals surface area contributed by atoms with Gasteiger partial charge in [-0.3, -0.25) is 4.99 Å². The molecule has 1 saturated heterocycles. The van der Waals surface area contributed by atoms with Gasteiger partial charge in [0.1, 0.15) is 6.61 Å². The Kier molecular flexibility index (Phi) is 6.83. The van der Waals surface area contributed by atoms with Gasteiger partial charge >= 0.3 is 5.97 Å². The van der Waals surface area contributed by atoms with Gasteiger partial charge in [-0.25, -0.2) is 4.79 Å². The Morgan fingerprint density at radius 2 is 2.15 bits per heavy atom. The van der Waals surface area contributed by atoms with Crippen molar-refractivity contribution >= 4 is 46.5 Å². The second-order valence-corrected chi connectivity index (χ2v) is 9.32. The summed E-state index contributed by atoms with van der Waals surface area (Å²) in [5.74, 6) is -0.408. The van der Waals surface area contributed by atoms with Crippen molar-refractivity contribution in [1.29, 1.82) is 0 Å². The molecule has 1 aliphatic carbocycles. The summed E-state index contributed by atoms with van der Waals surface area (Å²) in [6, 6.07) is 9.02. The van der Waals surface area contributed by atoms with Crippen molar-refractivity contribution < 1.29 is 14.3 Å². The molecule has 3 N–H and O–H groups in total. The number of anilines is 1. The number of benzene rings is 1. The van der Waals surface area contributed by atoms with E-state index in [1.54, 1.807) is 18.3 Å². The van der Waals surface area contributed by atoms with Crippen molar-refractivity contribution in [1.82, 2.24) is 0 Å². The Balaban J connectivity index is 1.74. The van der Waals surface area contributed by atoms with Crippen LogP contribution < -0.4 is 11.1 Å². The normalized spacial score (nSPS) is 20.3. The van der Waals surface area contributed by atoms with Gasteiger partial charge in [0.15, 0.2) is 5.72 Å². The number of carbonyl (C=O) groups excluding carboxylic acids is 1. The minimum absolute atomic E-state index is 0.394. The van der Waals surface area contributed by atoms with Crippen LogP contribution >= 0.6 is 22.9 Å². The first-order valence-corrected chi connectivity index (χ1v) is 11.6. The van der Waals surface area contributed by atoms with Crippen LogP contribution in [-0.2, 0) is 9.47 Å². The monoisotopic (exact) mass is 481 g/mol. The molecule has 1 aliphatic heterocycles. The average molecular weight is 482 g/mol. The van der Waals surface area contributed by atoms with Crippen LogP contribution in [0.3, 0.4) is 0 Å². The SMILES string of the molecule is COC(=O)c1ccc(C)c(NC2(C(C=NC3=CC=CCC=C3)=C(N)c3ccc(Cl)s3)CO2)c1. The molecule has 2 heterocycles. The van der Waals surface area contributed by atoms with E-state index in [1.165, 1.54) is 18.4 Å². The number of nitrogens with one attached hydrogen (secondary N) is 1. The predicted molar refractivity (Wildman–Crippen MR) is 135 cm³/mol. The Bertz CT molecular complexity index is 1220. The highest BCUT2D eigenvalue weighted by Gasteiger charge is 2.50. The molecule has 8 heteroatoms. The fourth-order valence-electron chi connectivity index (χ4n) is 3.36. The second-order valence-electron chi connectivity index (χ2n) is 7.61. The van der Waals surface area contributed by atoms with E-state index in [1.807, 2.05) is 49.4 Å². The molecule has 0 saturated carbocycles. The quantitative estimate of drug-likeness (QED) is 0.310. The molecule has 170 valence electrons. The van der Waals surface area contributed by atoms with Crippen LogP contribution in [0, 0.1) is 6.92 Å². The summed E-state index contributed by atoms with van der Waals surface area (Å²) in [7, 11) is 1.36. The van der Waals surface area contributed by atoms with E-state index in [2.05, 4.69) is 16.4 Å². The van der Waals surface area contributed by atoms with Crippen molar-refractivity contribution in [2.75, 3.05) is 19.0 Å². The van der Waals surface area contributed by atoms with Gasteiger partial charge in [-0.15, -0.1) is 11.3 Å². The lowest BCUT2D eigenvalue weighted by molar-refractivity contribution is 0.0600. The molecular weight excluding hydrogens is 458 g/mol. The maximum absolute atomic E-state index is 12.0. The van der Waals surface area contributed by atoms with Crippen LogP contribution in [0.1, 0.15) is 27.2 Å². The maximum Gasteiger partial charge on any atom is 0.337 e. The lowest BCUT2D eigenvalue weighted by Gasteiger charge is -2.20. The van der Waals surface area contributed by atoms with Crippen LogP contribution in [0.4, 0.5) is 5.69 Å². The van der Waals surface area contributed by atoms with Crippen LogP contribution in [-0.4, -0.2) is 31.6 Å². The van der Waals surface area contributed by atoms with E-state index >= 15 is 0 Å². The fraction of sp³-hybridized carbons (Fsp3) is 0.200. The number of carbonyl (C=O) groups is 1. The zero-order chi connectivity index (χ0) is 23.4. The number of nitrogens with two attached hydrogens (primary N) is 1. The molecule has 2 aliphatic rings. The largest absolute Gasteiger partial charge is 0.465 e. The number of methoxy groups -OCH3 is 1. The molecule has 1 atom stereocenters.